The Morgan fingerprint density at radius 1 is 1.20 bits per heavy atom. The van der Waals surface area contributed by atoms with Crippen molar-refractivity contribution in [2.24, 2.45) is 0 Å². The molecule has 0 rings (SSSR count). The molecule has 0 aromatic carbocycles. The molecule has 0 radical (unpaired) electrons. The first-order valence-electron chi connectivity index (χ1n) is 5.93. The van der Waals surface area contributed by atoms with Gasteiger partial charge in [-0.05, 0) is 6.42 Å². The standard InChI is InChI=1S/C11H16F3NO5/c1-2-3-4-7(9(18)19)15(6-5-8(16)17)10(20)11(12,13)14/h7H,2-6H2,1H3,(H,16,17)(H,18,19). The number of carbonyl (C=O) groups excluding carboxylic acids is 1. The summed E-state index contributed by atoms with van der Waals surface area (Å²) >= 11 is 0. The lowest BCUT2D eigenvalue weighted by atomic mass is 10.1. The highest BCUT2D eigenvalue weighted by Gasteiger charge is 2.46. The van der Waals surface area contributed by atoms with Crippen molar-refractivity contribution in [1.29, 1.82) is 0 Å². The van der Waals surface area contributed by atoms with Crippen molar-refractivity contribution in [2.75, 3.05) is 6.54 Å². The molecule has 0 saturated heterocycles. The van der Waals surface area contributed by atoms with Crippen LogP contribution in [0, 0.1) is 0 Å². The lowest BCUT2D eigenvalue weighted by Crippen LogP contribution is -2.51. The van der Waals surface area contributed by atoms with Crippen molar-refractivity contribution in [3.63, 3.8) is 0 Å². The van der Waals surface area contributed by atoms with Gasteiger partial charge in [-0.25, -0.2) is 4.79 Å². The molecule has 0 aliphatic heterocycles. The molecule has 0 aromatic heterocycles. The number of aliphatic carboxylic acids is 2. The van der Waals surface area contributed by atoms with E-state index in [0.717, 1.165) is 0 Å². The third-order valence-electron chi connectivity index (χ3n) is 2.56. The van der Waals surface area contributed by atoms with Gasteiger partial charge in [0.05, 0.1) is 6.42 Å². The first-order valence-corrected chi connectivity index (χ1v) is 5.93. The predicted octanol–water partition coefficient (Wildman–Crippen LogP) is 1.50. The van der Waals surface area contributed by atoms with Crippen LogP contribution in [0.25, 0.3) is 0 Å². The van der Waals surface area contributed by atoms with Crippen molar-refractivity contribution in [3.8, 4) is 0 Å². The van der Waals surface area contributed by atoms with E-state index in [2.05, 4.69) is 0 Å². The fourth-order valence-electron chi connectivity index (χ4n) is 1.59. The maximum absolute atomic E-state index is 12.4. The number of hydrogen-bond donors (Lipinski definition) is 2. The average Bonchev–Trinajstić information content (AvgIpc) is 2.30. The molecule has 0 aliphatic rings. The molecule has 20 heavy (non-hydrogen) atoms. The van der Waals surface area contributed by atoms with Crippen molar-refractivity contribution in [1.82, 2.24) is 4.90 Å². The third-order valence-corrected chi connectivity index (χ3v) is 2.56. The van der Waals surface area contributed by atoms with Crippen molar-refractivity contribution < 1.29 is 37.8 Å². The highest BCUT2D eigenvalue weighted by Crippen LogP contribution is 2.22. The van der Waals surface area contributed by atoms with Gasteiger partial charge < -0.3 is 15.1 Å². The summed E-state index contributed by atoms with van der Waals surface area (Å²) < 4.78 is 37.3. The second-order valence-corrected chi connectivity index (χ2v) is 4.14. The fraction of sp³-hybridized carbons (Fsp3) is 0.727. The van der Waals surface area contributed by atoms with Crippen LogP contribution in [0.15, 0.2) is 0 Å². The van der Waals surface area contributed by atoms with Gasteiger partial charge in [0.15, 0.2) is 0 Å². The van der Waals surface area contributed by atoms with E-state index in [-0.39, 0.29) is 11.3 Å². The lowest BCUT2D eigenvalue weighted by Gasteiger charge is -2.29. The van der Waals surface area contributed by atoms with Crippen LogP contribution >= 0.6 is 0 Å². The van der Waals surface area contributed by atoms with Crippen LogP contribution in [0.1, 0.15) is 32.6 Å². The number of hydrogen-bond acceptors (Lipinski definition) is 3. The zero-order valence-corrected chi connectivity index (χ0v) is 10.8. The van der Waals surface area contributed by atoms with E-state index in [1.54, 1.807) is 6.92 Å². The van der Waals surface area contributed by atoms with E-state index < -0.39 is 43.0 Å². The molecule has 1 atom stereocenters. The minimum absolute atomic E-state index is 0.0755. The zero-order chi connectivity index (χ0) is 15.9. The molecule has 0 heterocycles. The lowest BCUT2D eigenvalue weighted by molar-refractivity contribution is -0.190. The van der Waals surface area contributed by atoms with Crippen molar-refractivity contribution in [3.05, 3.63) is 0 Å². The fourth-order valence-corrected chi connectivity index (χ4v) is 1.59. The Balaban J connectivity index is 5.18. The summed E-state index contributed by atoms with van der Waals surface area (Å²) in [6.45, 7) is 0.917. The Morgan fingerprint density at radius 3 is 2.10 bits per heavy atom. The summed E-state index contributed by atoms with van der Waals surface area (Å²) in [6.07, 6.45) is -5.30. The molecule has 1 unspecified atom stereocenters. The minimum atomic E-state index is -5.24. The van der Waals surface area contributed by atoms with Gasteiger partial charge in [0.1, 0.15) is 6.04 Å². The van der Waals surface area contributed by atoms with Gasteiger partial charge in [-0.15, -0.1) is 0 Å². The normalized spacial score (nSPS) is 12.8. The minimum Gasteiger partial charge on any atom is -0.481 e. The highest BCUT2D eigenvalue weighted by atomic mass is 19.4. The highest BCUT2D eigenvalue weighted by molar-refractivity contribution is 5.87. The second kappa shape index (κ2) is 7.71. The number of nitrogens with zero attached hydrogens (tertiary/aromatic N) is 1. The van der Waals surface area contributed by atoms with Gasteiger partial charge >= 0.3 is 24.0 Å². The molecule has 116 valence electrons. The molecule has 0 bridgehead atoms. The largest absolute Gasteiger partial charge is 0.481 e. The number of unbranched alkanes of at least 4 members (excludes halogenated alkanes) is 1. The van der Waals surface area contributed by atoms with E-state index in [9.17, 15) is 27.6 Å². The van der Waals surface area contributed by atoms with Crippen LogP contribution in [0.2, 0.25) is 0 Å². The molecular weight excluding hydrogens is 283 g/mol. The Kier molecular flexibility index (Phi) is 7.01. The molecule has 0 spiro atoms. The first-order chi connectivity index (χ1) is 9.11. The molecule has 0 fully saturated rings. The quantitative estimate of drug-likeness (QED) is 0.708. The summed E-state index contributed by atoms with van der Waals surface area (Å²) in [6, 6.07) is -1.68. The second-order valence-electron chi connectivity index (χ2n) is 4.14. The Bertz CT molecular complexity index is 370. The van der Waals surface area contributed by atoms with E-state index in [4.69, 9.17) is 10.2 Å². The van der Waals surface area contributed by atoms with Crippen LogP contribution in [0.3, 0.4) is 0 Å². The number of rotatable bonds is 8. The SMILES string of the molecule is CCCCC(C(=O)O)N(CCC(=O)O)C(=O)C(F)(F)F. The number of carboxylic acids is 2. The third kappa shape index (κ3) is 5.89. The Morgan fingerprint density at radius 2 is 1.75 bits per heavy atom. The van der Waals surface area contributed by atoms with E-state index in [1.807, 2.05) is 0 Å². The summed E-state index contributed by atoms with van der Waals surface area (Å²) in [5.74, 6) is -5.33. The summed E-state index contributed by atoms with van der Waals surface area (Å²) in [5.41, 5.74) is 0. The van der Waals surface area contributed by atoms with Crippen molar-refractivity contribution in [2.45, 2.75) is 44.8 Å². The van der Waals surface area contributed by atoms with Crippen LogP contribution in [-0.4, -0.2) is 51.7 Å². The molecule has 0 aromatic rings. The molecule has 0 saturated carbocycles. The van der Waals surface area contributed by atoms with Gasteiger partial charge in [0, 0.05) is 6.54 Å². The van der Waals surface area contributed by atoms with Crippen molar-refractivity contribution >= 4 is 17.8 Å². The molecule has 6 nitrogen and oxygen atoms in total. The molecule has 9 heteroatoms. The molecular formula is C11H16F3NO5. The maximum Gasteiger partial charge on any atom is 0.471 e. The van der Waals surface area contributed by atoms with Crippen LogP contribution < -0.4 is 0 Å². The van der Waals surface area contributed by atoms with E-state index in [0.29, 0.717) is 12.8 Å². The Hall–Kier alpha value is -1.80. The molecule has 1 amide bonds. The summed E-state index contributed by atoms with van der Waals surface area (Å²) in [4.78, 5) is 32.7. The summed E-state index contributed by atoms with van der Waals surface area (Å²) in [7, 11) is 0. The van der Waals surface area contributed by atoms with E-state index in [1.165, 1.54) is 0 Å². The maximum atomic E-state index is 12.4. The van der Waals surface area contributed by atoms with Gasteiger partial charge in [-0.1, -0.05) is 19.8 Å². The number of amides is 1. The first kappa shape index (κ1) is 18.2. The molecule has 2 N–H and O–H groups in total. The van der Waals surface area contributed by atoms with Crippen LogP contribution in [0.4, 0.5) is 13.2 Å². The number of alkyl halides is 3. The predicted molar refractivity (Wildman–Crippen MR) is 61.0 cm³/mol. The Labute approximate surface area is 113 Å². The number of halogens is 3. The zero-order valence-electron chi connectivity index (χ0n) is 10.8. The summed E-state index contributed by atoms with van der Waals surface area (Å²) in [5, 5.41) is 17.4. The van der Waals surface area contributed by atoms with Gasteiger partial charge in [0.25, 0.3) is 0 Å². The topological polar surface area (TPSA) is 94.9 Å². The number of carbonyl (C=O) groups is 3. The van der Waals surface area contributed by atoms with Gasteiger partial charge in [0.2, 0.25) is 0 Å². The molecule has 0 aliphatic carbocycles. The number of carboxylic acid groups (broad SMARTS) is 2. The van der Waals surface area contributed by atoms with Crippen LogP contribution in [0.5, 0.6) is 0 Å². The average molecular weight is 299 g/mol. The van der Waals surface area contributed by atoms with Crippen LogP contribution in [-0.2, 0) is 14.4 Å². The smallest absolute Gasteiger partial charge is 0.471 e. The van der Waals surface area contributed by atoms with Gasteiger partial charge in [-0.2, -0.15) is 13.2 Å². The van der Waals surface area contributed by atoms with E-state index >= 15 is 0 Å². The monoisotopic (exact) mass is 299 g/mol. The van der Waals surface area contributed by atoms with Gasteiger partial charge in [-0.3, -0.25) is 9.59 Å².